The summed E-state index contributed by atoms with van der Waals surface area (Å²) in [5.74, 6) is 1.39. The fraction of sp³-hybridized carbons (Fsp3) is 0.227. The number of aromatic nitrogens is 2. The lowest BCUT2D eigenvalue weighted by Gasteiger charge is -2.11. The Bertz CT molecular complexity index is 1280. The molecule has 0 aliphatic rings. The number of hydrogen-bond acceptors (Lipinski definition) is 7. The van der Waals surface area contributed by atoms with Crippen LogP contribution in [0.5, 0.6) is 5.75 Å². The van der Waals surface area contributed by atoms with E-state index in [4.69, 9.17) is 14.1 Å². The SMILES string of the molecule is CCc1nc2scc(-c3cccc(OC)c3)c2c(=O)n1Cc1ccc(C(=O)OC)o1. The molecule has 0 aliphatic heterocycles. The highest BCUT2D eigenvalue weighted by Gasteiger charge is 2.18. The van der Waals surface area contributed by atoms with Gasteiger partial charge in [0, 0.05) is 17.4 Å². The Labute approximate surface area is 176 Å². The highest BCUT2D eigenvalue weighted by Crippen LogP contribution is 2.33. The number of furan rings is 1. The van der Waals surface area contributed by atoms with Crippen LogP contribution in [0.25, 0.3) is 21.3 Å². The predicted octanol–water partition coefficient (Wildman–Crippen LogP) is 4.12. The zero-order chi connectivity index (χ0) is 21.3. The third kappa shape index (κ3) is 3.50. The lowest BCUT2D eigenvalue weighted by atomic mass is 10.1. The van der Waals surface area contributed by atoms with Gasteiger partial charge in [0.1, 0.15) is 22.2 Å². The lowest BCUT2D eigenvalue weighted by molar-refractivity contribution is 0.0563. The maximum atomic E-state index is 13.5. The summed E-state index contributed by atoms with van der Waals surface area (Å²) >= 11 is 1.44. The normalized spacial score (nSPS) is 11.0. The van der Waals surface area contributed by atoms with Gasteiger partial charge in [-0.15, -0.1) is 11.3 Å². The first-order valence-electron chi connectivity index (χ1n) is 9.38. The van der Waals surface area contributed by atoms with Gasteiger partial charge in [-0.05, 0) is 29.8 Å². The van der Waals surface area contributed by atoms with Gasteiger partial charge in [0.05, 0.1) is 26.2 Å². The van der Waals surface area contributed by atoms with E-state index in [2.05, 4.69) is 4.74 Å². The summed E-state index contributed by atoms with van der Waals surface area (Å²) in [6, 6.07) is 10.8. The minimum Gasteiger partial charge on any atom is -0.497 e. The first-order chi connectivity index (χ1) is 14.5. The first kappa shape index (κ1) is 19.9. The van der Waals surface area contributed by atoms with E-state index in [9.17, 15) is 9.59 Å². The second-order valence-electron chi connectivity index (χ2n) is 6.59. The number of carbonyl (C=O) groups excluding carboxylic acids is 1. The van der Waals surface area contributed by atoms with Crippen molar-refractivity contribution in [3.8, 4) is 16.9 Å². The van der Waals surface area contributed by atoms with Crippen molar-refractivity contribution in [3.63, 3.8) is 0 Å². The molecule has 0 aliphatic carbocycles. The van der Waals surface area contributed by atoms with Gasteiger partial charge in [-0.2, -0.15) is 0 Å². The standard InChI is InChI=1S/C22H20N2O5S/c1-4-18-23-20-19(16(12-30-20)13-6-5-7-14(10-13)27-2)21(25)24(18)11-15-8-9-17(29-15)22(26)28-3/h5-10,12H,4,11H2,1-3H3. The van der Waals surface area contributed by atoms with Gasteiger partial charge in [-0.25, -0.2) is 9.78 Å². The van der Waals surface area contributed by atoms with Gasteiger partial charge in [-0.1, -0.05) is 19.1 Å². The molecule has 0 spiro atoms. The van der Waals surface area contributed by atoms with Gasteiger partial charge in [0.2, 0.25) is 5.76 Å². The molecule has 4 aromatic rings. The molecule has 0 amide bonds. The number of esters is 1. The average molecular weight is 424 g/mol. The van der Waals surface area contributed by atoms with Crippen LogP contribution in [0.3, 0.4) is 0 Å². The van der Waals surface area contributed by atoms with Crippen LogP contribution in [0.15, 0.2) is 51.0 Å². The van der Waals surface area contributed by atoms with Crippen molar-refractivity contribution in [1.29, 1.82) is 0 Å². The minimum atomic E-state index is -0.559. The largest absolute Gasteiger partial charge is 0.497 e. The maximum Gasteiger partial charge on any atom is 0.373 e. The van der Waals surface area contributed by atoms with Crippen molar-refractivity contribution >= 4 is 27.5 Å². The lowest BCUT2D eigenvalue weighted by Crippen LogP contribution is -2.25. The molecular formula is C22H20N2O5S. The summed E-state index contributed by atoms with van der Waals surface area (Å²) < 4.78 is 17.1. The Morgan fingerprint density at radius 2 is 2.07 bits per heavy atom. The molecule has 0 saturated heterocycles. The molecule has 30 heavy (non-hydrogen) atoms. The number of thiophene rings is 1. The zero-order valence-corrected chi connectivity index (χ0v) is 17.6. The van der Waals surface area contributed by atoms with Crippen LogP contribution in [0.2, 0.25) is 0 Å². The number of carbonyl (C=O) groups is 1. The van der Waals surface area contributed by atoms with Crippen LogP contribution in [0, 0.1) is 0 Å². The Morgan fingerprint density at radius 1 is 1.23 bits per heavy atom. The number of ether oxygens (including phenoxy) is 2. The third-order valence-electron chi connectivity index (χ3n) is 4.83. The van der Waals surface area contributed by atoms with Gasteiger partial charge in [0.15, 0.2) is 0 Å². The second-order valence-corrected chi connectivity index (χ2v) is 7.45. The van der Waals surface area contributed by atoms with E-state index in [1.54, 1.807) is 17.7 Å². The molecule has 4 rings (SSSR count). The molecule has 0 radical (unpaired) electrons. The number of aryl methyl sites for hydroxylation is 1. The highest BCUT2D eigenvalue weighted by atomic mass is 32.1. The van der Waals surface area contributed by atoms with Crippen LogP contribution >= 0.6 is 11.3 Å². The Balaban J connectivity index is 1.83. The van der Waals surface area contributed by atoms with Crippen LogP contribution in [-0.2, 0) is 17.7 Å². The summed E-state index contributed by atoms with van der Waals surface area (Å²) in [7, 11) is 2.90. The molecule has 0 saturated carbocycles. The van der Waals surface area contributed by atoms with Crippen LogP contribution in [0.1, 0.15) is 29.1 Å². The van der Waals surface area contributed by atoms with Crippen molar-refractivity contribution in [2.45, 2.75) is 19.9 Å². The quantitative estimate of drug-likeness (QED) is 0.433. The number of methoxy groups -OCH3 is 2. The molecule has 0 unspecified atom stereocenters. The Morgan fingerprint density at radius 3 is 2.80 bits per heavy atom. The van der Waals surface area contributed by atoms with Gasteiger partial charge in [-0.3, -0.25) is 9.36 Å². The Kier molecular flexibility index (Phi) is 5.41. The maximum absolute atomic E-state index is 13.5. The monoisotopic (exact) mass is 424 g/mol. The third-order valence-corrected chi connectivity index (χ3v) is 5.70. The number of rotatable bonds is 6. The molecule has 1 aromatic carbocycles. The van der Waals surface area contributed by atoms with Crippen LogP contribution in [-0.4, -0.2) is 29.7 Å². The van der Waals surface area contributed by atoms with Crippen LogP contribution < -0.4 is 10.3 Å². The van der Waals surface area contributed by atoms with Gasteiger partial charge >= 0.3 is 5.97 Å². The van der Waals surface area contributed by atoms with Crippen molar-refractivity contribution in [3.05, 3.63) is 69.5 Å². The molecule has 3 aromatic heterocycles. The van der Waals surface area contributed by atoms with Crippen molar-refractivity contribution in [2.24, 2.45) is 0 Å². The summed E-state index contributed by atoms with van der Waals surface area (Å²) in [5, 5.41) is 2.50. The molecule has 0 atom stereocenters. The molecule has 154 valence electrons. The first-order valence-corrected chi connectivity index (χ1v) is 10.3. The van der Waals surface area contributed by atoms with Crippen LogP contribution in [0.4, 0.5) is 0 Å². The number of nitrogens with zero attached hydrogens (tertiary/aromatic N) is 2. The van der Waals surface area contributed by atoms with E-state index in [1.165, 1.54) is 24.5 Å². The summed E-state index contributed by atoms with van der Waals surface area (Å²) in [4.78, 5) is 30.6. The van der Waals surface area contributed by atoms with E-state index in [0.29, 0.717) is 28.2 Å². The van der Waals surface area contributed by atoms with E-state index < -0.39 is 5.97 Å². The smallest absolute Gasteiger partial charge is 0.373 e. The molecule has 7 nitrogen and oxygen atoms in total. The van der Waals surface area contributed by atoms with Gasteiger partial charge in [0.25, 0.3) is 5.56 Å². The number of benzene rings is 1. The molecule has 8 heteroatoms. The Hall–Kier alpha value is -3.39. The van der Waals surface area contributed by atoms with E-state index in [1.807, 2.05) is 36.6 Å². The molecule has 0 N–H and O–H groups in total. The second kappa shape index (κ2) is 8.16. The van der Waals surface area contributed by atoms with Crippen molar-refractivity contribution < 1.29 is 18.7 Å². The average Bonchev–Trinajstić information content (AvgIpc) is 3.42. The summed E-state index contributed by atoms with van der Waals surface area (Å²) in [5.41, 5.74) is 1.56. The zero-order valence-electron chi connectivity index (χ0n) is 16.8. The molecular weight excluding hydrogens is 404 g/mol. The van der Waals surface area contributed by atoms with Crippen molar-refractivity contribution in [1.82, 2.24) is 9.55 Å². The predicted molar refractivity (Wildman–Crippen MR) is 114 cm³/mol. The van der Waals surface area contributed by atoms with Crippen molar-refractivity contribution in [2.75, 3.05) is 14.2 Å². The van der Waals surface area contributed by atoms with E-state index in [-0.39, 0.29) is 17.9 Å². The number of fused-ring (bicyclic) bond motifs is 1. The van der Waals surface area contributed by atoms with E-state index in [0.717, 1.165) is 16.9 Å². The minimum absolute atomic E-state index is 0.0974. The molecule has 3 heterocycles. The summed E-state index contributed by atoms with van der Waals surface area (Å²) in [6.45, 7) is 2.12. The topological polar surface area (TPSA) is 83.6 Å². The summed E-state index contributed by atoms with van der Waals surface area (Å²) in [6.07, 6.45) is 0.585. The molecule has 0 fully saturated rings. The fourth-order valence-corrected chi connectivity index (χ4v) is 4.29. The highest BCUT2D eigenvalue weighted by molar-refractivity contribution is 7.17. The molecule has 0 bridgehead atoms. The fourth-order valence-electron chi connectivity index (χ4n) is 3.33. The van der Waals surface area contributed by atoms with Gasteiger partial charge < -0.3 is 13.9 Å². The number of hydrogen-bond donors (Lipinski definition) is 0. The van der Waals surface area contributed by atoms with E-state index >= 15 is 0 Å².